The summed E-state index contributed by atoms with van der Waals surface area (Å²) in [4.78, 5) is 55.2. The second kappa shape index (κ2) is 21.2. The summed E-state index contributed by atoms with van der Waals surface area (Å²) in [5.74, 6) is -0.884. The lowest BCUT2D eigenvalue weighted by Gasteiger charge is -2.26. The first-order valence-electron chi connectivity index (χ1n) is 18.7. The van der Waals surface area contributed by atoms with E-state index in [0.29, 0.717) is 31.8 Å². The molecule has 1 fully saturated rings. The van der Waals surface area contributed by atoms with Crippen LogP contribution in [0.2, 0.25) is 0 Å². The van der Waals surface area contributed by atoms with Gasteiger partial charge in [0.25, 0.3) is 0 Å². The molecule has 3 amide bonds. The van der Waals surface area contributed by atoms with Gasteiger partial charge in [-0.2, -0.15) is 0 Å². The van der Waals surface area contributed by atoms with E-state index in [4.69, 9.17) is 14.2 Å². The Morgan fingerprint density at radius 2 is 1.69 bits per heavy atom. The predicted octanol–water partition coefficient (Wildman–Crippen LogP) is 6.20. The third kappa shape index (κ3) is 14.2. The average Bonchev–Trinajstić information content (AvgIpc) is 3.48. The van der Waals surface area contributed by atoms with Crippen LogP contribution in [0.1, 0.15) is 95.1 Å². The molecule has 3 atom stereocenters. The molecule has 0 unspecified atom stereocenters. The third-order valence-corrected chi connectivity index (χ3v) is 9.46. The molecule has 0 saturated carbocycles. The van der Waals surface area contributed by atoms with Crippen molar-refractivity contribution in [1.29, 1.82) is 0 Å². The van der Waals surface area contributed by atoms with Crippen LogP contribution in [-0.2, 0) is 35.3 Å². The molecule has 10 nitrogen and oxygen atoms in total. The summed E-state index contributed by atoms with van der Waals surface area (Å²) in [6.45, 7) is 5.24. The SMILES string of the molecule is Cc1cccc(OCC[C@@H]2NC(=O)CCCCCCCC/C=C/CCCOC[C@@]3(C)C[C@@H](C(=O)OCc4ccccc4)N(C3)C(=O)CNC2=O)c1. The van der Waals surface area contributed by atoms with Gasteiger partial charge in [-0.3, -0.25) is 14.4 Å². The Kier molecular flexibility index (Phi) is 16.5. The third-order valence-electron chi connectivity index (χ3n) is 9.46. The second-order valence-electron chi connectivity index (χ2n) is 14.3. The molecule has 2 bridgehead atoms. The number of hydrogen-bond donors (Lipinski definition) is 2. The number of allylic oxidation sites excluding steroid dienone is 2. The minimum Gasteiger partial charge on any atom is -0.493 e. The zero-order chi connectivity index (χ0) is 36.3. The van der Waals surface area contributed by atoms with Gasteiger partial charge >= 0.3 is 5.97 Å². The van der Waals surface area contributed by atoms with Crippen LogP contribution in [0.25, 0.3) is 0 Å². The Labute approximate surface area is 303 Å². The van der Waals surface area contributed by atoms with Gasteiger partial charge in [-0.25, -0.2) is 4.79 Å². The number of nitrogens with one attached hydrogen (secondary N) is 2. The Balaban J connectivity index is 1.44. The lowest BCUT2D eigenvalue weighted by molar-refractivity contribution is -0.154. The standard InChI is InChI=1S/C41H57N3O7/c1-32-18-17-21-34(26-32)50-25-23-35-39(47)42-28-38(46)44-30-41(2,27-36(44)40(48)51-29-33-19-13-12-14-20-33)31-49-24-16-11-9-7-5-3-4-6-8-10-15-22-37(45)43-35/h7,9,12-14,17-21,26,35-36H,3-6,8,10-11,15-16,22-25,27-31H2,1-2H3,(H,42,47)(H,43,45)/b9-7+/t35-,36-,41-/m0/s1. The number of amides is 3. The van der Waals surface area contributed by atoms with Gasteiger partial charge < -0.3 is 29.7 Å². The van der Waals surface area contributed by atoms with Gasteiger partial charge in [0.1, 0.15) is 24.4 Å². The van der Waals surface area contributed by atoms with Crippen LogP contribution in [0.5, 0.6) is 5.75 Å². The van der Waals surface area contributed by atoms with E-state index >= 15 is 0 Å². The van der Waals surface area contributed by atoms with Crippen LogP contribution in [0, 0.1) is 12.3 Å². The maximum absolute atomic E-state index is 13.7. The number of hydrogen-bond acceptors (Lipinski definition) is 7. The van der Waals surface area contributed by atoms with Crippen LogP contribution in [-0.4, -0.2) is 73.6 Å². The topological polar surface area (TPSA) is 123 Å². The first kappa shape index (κ1) is 39.6. The van der Waals surface area contributed by atoms with Gasteiger partial charge in [-0.05, 0) is 68.7 Å². The molecular weight excluding hydrogens is 646 g/mol. The van der Waals surface area contributed by atoms with Crippen LogP contribution in [0.4, 0.5) is 0 Å². The van der Waals surface area contributed by atoms with Crippen molar-refractivity contribution < 1.29 is 33.4 Å². The van der Waals surface area contributed by atoms with E-state index in [0.717, 1.165) is 68.9 Å². The lowest BCUT2D eigenvalue weighted by atomic mass is 9.89. The zero-order valence-corrected chi connectivity index (χ0v) is 30.5. The van der Waals surface area contributed by atoms with E-state index in [1.807, 2.05) is 68.4 Å². The fourth-order valence-electron chi connectivity index (χ4n) is 6.60. The van der Waals surface area contributed by atoms with Gasteiger partial charge in [-0.1, -0.05) is 87.2 Å². The maximum Gasteiger partial charge on any atom is 0.329 e. The smallest absolute Gasteiger partial charge is 0.329 e. The van der Waals surface area contributed by atoms with Crippen LogP contribution in [0.15, 0.2) is 66.7 Å². The monoisotopic (exact) mass is 703 g/mol. The van der Waals surface area contributed by atoms with Gasteiger partial charge in [0, 0.05) is 31.4 Å². The average molecular weight is 704 g/mol. The van der Waals surface area contributed by atoms with Crippen molar-refractivity contribution in [1.82, 2.24) is 15.5 Å². The summed E-state index contributed by atoms with van der Waals surface area (Å²) in [5.41, 5.74) is 1.43. The number of aryl methyl sites for hydroxylation is 1. The van der Waals surface area contributed by atoms with Gasteiger partial charge in [-0.15, -0.1) is 0 Å². The minimum atomic E-state index is -0.887. The van der Waals surface area contributed by atoms with E-state index in [9.17, 15) is 19.2 Å². The van der Waals surface area contributed by atoms with Gasteiger partial charge in [0.05, 0.1) is 19.8 Å². The molecule has 2 aromatic rings. The van der Waals surface area contributed by atoms with Crippen LogP contribution in [0.3, 0.4) is 0 Å². The molecular formula is C41H57N3O7. The van der Waals surface area contributed by atoms with Crippen molar-refractivity contribution in [2.75, 3.05) is 32.9 Å². The molecule has 4 rings (SSSR count). The molecule has 10 heteroatoms. The van der Waals surface area contributed by atoms with E-state index < -0.39 is 35.3 Å². The highest BCUT2D eigenvalue weighted by Gasteiger charge is 2.47. The molecule has 2 N–H and O–H groups in total. The Hall–Kier alpha value is -4.18. The summed E-state index contributed by atoms with van der Waals surface area (Å²) < 4.78 is 17.7. The second-order valence-corrected chi connectivity index (χ2v) is 14.3. The first-order chi connectivity index (χ1) is 24.7. The number of carbonyl (C=O) groups excluding carboxylic acids is 4. The summed E-state index contributed by atoms with van der Waals surface area (Å²) in [7, 11) is 0. The van der Waals surface area contributed by atoms with Crippen molar-refractivity contribution in [3.8, 4) is 5.75 Å². The molecule has 1 saturated heterocycles. The van der Waals surface area contributed by atoms with Crippen molar-refractivity contribution in [2.45, 2.75) is 110 Å². The van der Waals surface area contributed by atoms with Crippen molar-refractivity contribution in [3.63, 3.8) is 0 Å². The fraction of sp³-hybridized carbons (Fsp3) is 0.561. The predicted molar refractivity (Wildman–Crippen MR) is 197 cm³/mol. The highest BCUT2D eigenvalue weighted by Crippen LogP contribution is 2.36. The molecule has 0 aliphatic carbocycles. The van der Waals surface area contributed by atoms with Crippen molar-refractivity contribution in [2.24, 2.45) is 5.41 Å². The normalized spacial score (nSPS) is 24.4. The highest BCUT2D eigenvalue weighted by atomic mass is 16.5. The molecule has 0 radical (unpaired) electrons. The molecule has 2 aliphatic heterocycles. The van der Waals surface area contributed by atoms with E-state index in [-0.39, 0.29) is 38.6 Å². The fourth-order valence-corrected chi connectivity index (χ4v) is 6.60. The molecule has 2 heterocycles. The Bertz CT molecular complexity index is 1430. The molecule has 0 aromatic heterocycles. The Morgan fingerprint density at radius 1 is 0.941 bits per heavy atom. The van der Waals surface area contributed by atoms with E-state index in [1.54, 1.807) is 0 Å². The number of benzene rings is 2. The van der Waals surface area contributed by atoms with Crippen molar-refractivity contribution >= 4 is 23.7 Å². The quantitative estimate of drug-likeness (QED) is 0.260. The first-order valence-corrected chi connectivity index (χ1v) is 18.7. The summed E-state index contributed by atoms with van der Waals surface area (Å²) in [6.07, 6.45) is 14.5. The van der Waals surface area contributed by atoms with Crippen LogP contribution >= 0.6 is 0 Å². The molecule has 0 spiro atoms. The zero-order valence-electron chi connectivity index (χ0n) is 30.5. The van der Waals surface area contributed by atoms with Crippen LogP contribution < -0.4 is 15.4 Å². The summed E-state index contributed by atoms with van der Waals surface area (Å²) in [5, 5.41) is 5.62. The summed E-state index contributed by atoms with van der Waals surface area (Å²) >= 11 is 0. The van der Waals surface area contributed by atoms with Crippen molar-refractivity contribution in [3.05, 3.63) is 77.9 Å². The summed E-state index contributed by atoms with van der Waals surface area (Å²) in [6, 6.07) is 15.3. The number of esters is 1. The number of rotatable bonds is 7. The number of nitrogens with zero attached hydrogens (tertiary/aromatic N) is 1. The molecule has 51 heavy (non-hydrogen) atoms. The number of ether oxygens (including phenoxy) is 3. The Morgan fingerprint density at radius 3 is 2.47 bits per heavy atom. The lowest BCUT2D eigenvalue weighted by Crippen LogP contribution is -2.51. The minimum absolute atomic E-state index is 0.0989. The largest absolute Gasteiger partial charge is 0.493 e. The maximum atomic E-state index is 13.7. The van der Waals surface area contributed by atoms with E-state index in [2.05, 4.69) is 22.8 Å². The van der Waals surface area contributed by atoms with Gasteiger partial charge in [0.2, 0.25) is 17.7 Å². The molecule has 278 valence electrons. The van der Waals surface area contributed by atoms with Gasteiger partial charge in [0.15, 0.2) is 0 Å². The molecule has 2 aromatic carbocycles. The number of carbonyl (C=O) groups is 4. The number of fused-ring (bicyclic) bond motifs is 2. The highest BCUT2D eigenvalue weighted by molar-refractivity contribution is 5.92. The van der Waals surface area contributed by atoms with E-state index in [1.165, 1.54) is 4.90 Å². The molecule has 2 aliphatic rings.